The van der Waals surface area contributed by atoms with Gasteiger partial charge in [0.2, 0.25) is 5.91 Å². The second-order valence-corrected chi connectivity index (χ2v) is 7.83. The van der Waals surface area contributed by atoms with Crippen LogP contribution in [0.25, 0.3) is 0 Å². The second-order valence-electron chi connectivity index (χ2n) is 5.78. The summed E-state index contributed by atoms with van der Waals surface area (Å²) in [5.74, 6) is 2.34. The summed E-state index contributed by atoms with van der Waals surface area (Å²) >= 11 is 2.98. The molecule has 0 N–H and O–H groups in total. The molecule has 1 saturated heterocycles. The summed E-state index contributed by atoms with van der Waals surface area (Å²) in [6.07, 6.45) is 3.80. The number of ether oxygens (including phenoxy) is 1. The highest BCUT2D eigenvalue weighted by atomic mass is 32.2. The van der Waals surface area contributed by atoms with Crippen LogP contribution in [0.3, 0.4) is 0 Å². The van der Waals surface area contributed by atoms with Crippen molar-refractivity contribution in [2.24, 2.45) is 0 Å². The third kappa shape index (κ3) is 4.38. The van der Waals surface area contributed by atoms with Gasteiger partial charge in [-0.1, -0.05) is 23.5 Å². The van der Waals surface area contributed by atoms with Gasteiger partial charge in [0.1, 0.15) is 5.82 Å². The fraction of sp³-hybridized carbons (Fsp3) is 0.625. The molecule has 1 amide bonds. The molecule has 1 aromatic rings. The zero-order chi connectivity index (χ0) is 17.8. The maximum absolute atomic E-state index is 12.1. The van der Waals surface area contributed by atoms with Crippen molar-refractivity contribution in [3.8, 4) is 0 Å². The van der Waals surface area contributed by atoms with Crippen molar-refractivity contribution >= 4 is 35.4 Å². The molecule has 0 atom stereocenters. The minimum absolute atomic E-state index is 0.0248. The predicted octanol–water partition coefficient (Wildman–Crippen LogP) is 2.25. The van der Waals surface area contributed by atoms with Gasteiger partial charge in [0.05, 0.1) is 23.5 Å². The van der Waals surface area contributed by atoms with Crippen molar-refractivity contribution in [1.29, 1.82) is 0 Å². The maximum atomic E-state index is 12.1. The Labute approximate surface area is 155 Å². The lowest BCUT2D eigenvalue weighted by atomic mass is 10.4. The molecular weight excluding hydrogens is 360 g/mol. The first kappa shape index (κ1) is 18.3. The van der Waals surface area contributed by atoms with Gasteiger partial charge in [-0.3, -0.25) is 4.79 Å². The first-order valence-corrected chi connectivity index (χ1v) is 10.5. The number of esters is 1. The molecule has 1 aromatic heterocycles. The van der Waals surface area contributed by atoms with E-state index in [2.05, 4.69) is 21.7 Å². The summed E-state index contributed by atoms with van der Waals surface area (Å²) in [6.45, 7) is 5.58. The number of carbonyl (C=O) groups excluding carboxylic acids is 2. The van der Waals surface area contributed by atoms with E-state index in [1.807, 2.05) is 0 Å². The lowest BCUT2D eigenvalue weighted by molar-refractivity contribution is -0.137. The van der Waals surface area contributed by atoms with Gasteiger partial charge in [-0.25, -0.2) is 4.79 Å². The Balaban J connectivity index is 1.59. The largest absolute Gasteiger partial charge is 0.463 e. The Morgan fingerprint density at radius 3 is 2.88 bits per heavy atom. The molecule has 7 nitrogen and oxygen atoms in total. The summed E-state index contributed by atoms with van der Waals surface area (Å²) in [5, 5.41) is 10.2. The topological polar surface area (TPSA) is 77.3 Å². The summed E-state index contributed by atoms with van der Waals surface area (Å²) in [5.41, 5.74) is 0. The lowest BCUT2D eigenvalue weighted by Gasteiger charge is -2.16. The van der Waals surface area contributed by atoms with Gasteiger partial charge in [0.15, 0.2) is 5.16 Å². The van der Waals surface area contributed by atoms with E-state index in [0.717, 1.165) is 17.5 Å². The van der Waals surface area contributed by atoms with E-state index in [9.17, 15) is 9.59 Å². The molecule has 3 rings (SSSR count). The average molecular weight is 383 g/mol. The van der Waals surface area contributed by atoms with Crippen LogP contribution < -0.4 is 0 Å². The lowest BCUT2D eigenvalue weighted by Crippen LogP contribution is -2.27. The second kappa shape index (κ2) is 8.27. The quantitative estimate of drug-likeness (QED) is 0.388. The van der Waals surface area contributed by atoms with Crippen molar-refractivity contribution in [3.63, 3.8) is 0 Å². The Kier molecular flexibility index (Phi) is 6.06. The smallest absolute Gasteiger partial charge is 0.333 e. The third-order valence-corrected chi connectivity index (χ3v) is 5.96. The Morgan fingerprint density at radius 2 is 2.20 bits per heavy atom. The van der Waals surface area contributed by atoms with Crippen molar-refractivity contribution in [1.82, 2.24) is 19.7 Å². The molecule has 2 heterocycles. The van der Waals surface area contributed by atoms with Crippen LogP contribution in [0.1, 0.15) is 38.4 Å². The molecule has 1 aliphatic heterocycles. The van der Waals surface area contributed by atoms with Gasteiger partial charge in [0, 0.05) is 24.8 Å². The van der Waals surface area contributed by atoms with E-state index in [1.165, 1.54) is 30.7 Å². The molecule has 2 aliphatic rings. The summed E-state index contributed by atoms with van der Waals surface area (Å²) < 4.78 is 7.09. The van der Waals surface area contributed by atoms with Crippen molar-refractivity contribution in [3.05, 3.63) is 16.9 Å². The number of hydrogen-bond acceptors (Lipinski definition) is 7. The van der Waals surface area contributed by atoms with Gasteiger partial charge in [-0.05, 0) is 26.7 Å². The molecule has 9 heteroatoms. The van der Waals surface area contributed by atoms with Gasteiger partial charge in [-0.2, -0.15) is 0 Å². The van der Waals surface area contributed by atoms with E-state index < -0.39 is 5.97 Å². The first-order valence-electron chi connectivity index (χ1n) is 8.51. The number of aromatic nitrogens is 3. The Bertz CT molecular complexity index is 685. The number of thioether (sulfide) groups is 2. The van der Waals surface area contributed by atoms with Crippen LogP contribution >= 0.6 is 23.5 Å². The molecular formula is C16H22N4O3S2. The van der Waals surface area contributed by atoms with E-state index in [4.69, 9.17) is 4.74 Å². The van der Waals surface area contributed by atoms with Crippen LogP contribution in [0, 0.1) is 0 Å². The SMILES string of the molecule is CCOC(=O)/C=C1\SCC(=O)N1CCSc1nnc(C2CC2)n1CC. The fourth-order valence-corrected chi connectivity index (χ4v) is 4.52. The highest BCUT2D eigenvalue weighted by Crippen LogP contribution is 2.40. The standard InChI is InChI=1S/C16H22N4O3S2/c1-3-19-15(11-5-6-11)17-18-16(19)24-8-7-20-12(21)10-25-13(20)9-14(22)23-4-2/h9,11H,3-8,10H2,1-2H3/b13-9-. The molecule has 1 aliphatic carbocycles. The van der Waals surface area contributed by atoms with Crippen molar-refractivity contribution < 1.29 is 14.3 Å². The number of rotatable bonds is 8. The Hall–Kier alpha value is -1.48. The van der Waals surface area contributed by atoms with Crippen LogP contribution in [-0.4, -0.2) is 56.2 Å². The highest BCUT2D eigenvalue weighted by molar-refractivity contribution is 8.04. The minimum Gasteiger partial charge on any atom is -0.463 e. The van der Waals surface area contributed by atoms with E-state index in [1.54, 1.807) is 23.6 Å². The molecule has 136 valence electrons. The van der Waals surface area contributed by atoms with E-state index in [0.29, 0.717) is 35.6 Å². The number of nitrogens with zero attached hydrogens (tertiary/aromatic N) is 4. The molecule has 0 bridgehead atoms. The van der Waals surface area contributed by atoms with Gasteiger partial charge >= 0.3 is 5.97 Å². The summed E-state index contributed by atoms with van der Waals surface area (Å²) in [6, 6.07) is 0. The van der Waals surface area contributed by atoms with Gasteiger partial charge in [0.25, 0.3) is 0 Å². The van der Waals surface area contributed by atoms with Crippen molar-refractivity contribution in [2.45, 2.75) is 44.3 Å². The molecule has 1 saturated carbocycles. The zero-order valence-corrected chi connectivity index (χ0v) is 16.1. The molecule has 0 radical (unpaired) electrons. The number of carbonyl (C=O) groups is 2. The normalized spacial score (nSPS) is 19.0. The van der Waals surface area contributed by atoms with Gasteiger partial charge in [-0.15, -0.1) is 10.2 Å². The van der Waals surface area contributed by atoms with Crippen molar-refractivity contribution in [2.75, 3.05) is 24.7 Å². The third-order valence-electron chi connectivity index (χ3n) is 3.99. The van der Waals surface area contributed by atoms with E-state index in [-0.39, 0.29) is 5.91 Å². The van der Waals surface area contributed by atoms with Crippen LogP contribution in [0.4, 0.5) is 0 Å². The fourth-order valence-electron chi connectivity index (χ4n) is 2.63. The Morgan fingerprint density at radius 1 is 1.40 bits per heavy atom. The van der Waals surface area contributed by atoms with E-state index >= 15 is 0 Å². The zero-order valence-electron chi connectivity index (χ0n) is 14.4. The minimum atomic E-state index is -0.405. The summed E-state index contributed by atoms with van der Waals surface area (Å²) in [4.78, 5) is 25.3. The molecule has 0 spiro atoms. The van der Waals surface area contributed by atoms with Gasteiger partial charge < -0.3 is 14.2 Å². The molecule has 0 unspecified atom stereocenters. The summed E-state index contributed by atoms with van der Waals surface area (Å²) in [7, 11) is 0. The maximum Gasteiger partial charge on any atom is 0.333 e. The first-order chi connectivity index (χ1) is 12.1. The average Bonchev–Trinajstić information content (AvgIpc) is 3.27. The number of amides is 1. The molecule has 2 fully saturated rings. The van der Waals surface area contributed by atoms with Crippen LogP contribution in [0.5, 0.6) is 0 Å². The predicted molar refractivity (Wildman–Crippen MR) is 97.3 cm³/mol. The highest BCUT2D eigenvalue weighted by Gasteiger charge is 2.30. The van der Waals surface area contributed by atoms with Crippen LogP contribution in [-0.2, 0) is 20.9 Å². The molecule has 0 aromatic carbocycles. The van der Waals surface area contributed by atoms with Crippen LogP contribution in [0.2, 0.25) is 0 Å². The molecule has 25 heavy (non-hydrogen) atoms. The monoisotopic (exact) mass is 382 g/mol. The number of hydrogen-bond donors (Lipinski definition) is 0. The van der Waals surface area contributed by atoms with Crippen LogP contribution in [0.15, 0.2) is 16.3 Å².